The Morgan fingerprint density at radius 3 is 2.86 bits per heavy atom. The number of aliphatic hydroxyl groups is 1. The molecule has 4 N–H and O–H groups in total. The summed E-state index contributed by atoms with van der Waals surface area (Å²) in [5.41, 5.74) is 6.39. The van der Waals surface area contributed by atoms with Crippen LogP contribution in [0.5, 0.6) is 0 Å². The number of hydrogen-bond acceptors (Lipinski definition) is 4. The van der Waals surface area contributed by atoms with Crippen molar-refractivity contribution in [1.29, 1.82) is 0 Å². The molecule has 1 saturated carbocycles. The van der Waals surface area contributed by atoms with E-state index in [2.05, 4.69) is 26.2 Å². The molecule has 0 unspecified atom stereocenters. The number of nitrogens with zero attached hydrogens (tertiary/aromatic N) is 1. The van der Waals surface area contributed by atoms with Crippen LogP contribution in [0.1, 0.15) is 12.8 Å². The third-order valence-electron chi connectivity index (χ3n) is 2.34. The van der Waals surface area contributed by atoms with Gasteiger partial charge in [0.15, 0.2) is 0 Å². The molecule has 0 aromatic carbocycles. The molecule has 1 aromatic heterocycles. The monoisotopic (exact) mass is 257 g/mol. The smallest absolute Gasteiger partial charge is 0.149 e. The molecule has 0 saturated heterocycles. The van der Waals surface area contributed by atoms with Crippen molar-refractivity contribution in [2.24, 2.45) is 0 Å². The summed E-state index contributed by atoms with van der Waals surface area (Å²) in [5, 5.41) is 12.3. The summed E-state index contributed by atoms with van der Waals surface area (Å²) < 4.78 is 0.870. The zero-order valence-electron chi connectivity index (χ0n) is 7.57. The zero-order valence-corrected chi connectivity index (χ0v) is 9.16. The van der Waals surface area contributed by atoms with Gasteiger partial charge in [-0.3, -0.25) is 0 Å². The fourth-order valence-corrected chi connectivity index (χ4v) is 1.82. The fourth-order valence-electron chi connectivity index (χ4n) is 1.47. The van der Waals surface area contributed by atoms with Crippen molar-refractivity contribution in [1.82, 2.24) is 4.98 Å². The molecule has 14 heavy (non-hydrogen) atoms. The lowest BCUT2D eigenvalue weighted by atomic mass is 9.89. The largest absolute Gasteiger partial charge is 0.396 e. The summed E-state index contributed by atoms with van der Waals surface area (Å²) in [5.74, 6) is 0.699. The number of rotatable bonds is 2. The standard InChI is InChI=1S/C9H12BrN3O/c10-5-1-8(11)9(12-4-5)13-6-2-7(14)3-6/h1,4,6-7,14H,2-3,11H2,(H,12,13). The van der Waals surface area contributed by atoms with Gasteiger partial charge in [0.25, 0.3) is 0 Å². The Labute approximate surface area is 90.7 Å². The molecule has 76 valence electrons. The maximum atomic E-state index is 9.11. The first-order valence-electron chi connectivity index (χ1n) is 4.51. The SMILES string of the molecule is Nc1cc(Br)cnc1NC1CC(O)C1. The van der Waals surface area contributed by atoms with E-state index in [9.17, 15) is 0 Å². The van der Waals surface area contributed by atoms with Gasteiger partial charge in [-0.25, -0.2) is 4.98 Å². The summed E-state index contributed by atoms with van der Waals surface area (Å²) in [4.78, 5) is 4.16. The Kier molecular flexibility index (Phi) is 2.60. The summed E-state index contributed by atoms with van der Waals surface area (Å²) in [6.07, 6.45) is 3.09. The van der Waals surface area contributed by atoms with Gasteiger partial charge in [-0.1, -0.05) is 0 Å². The van der Waals surface area contributed by atoms with E-state index in [4.69, 9.17) is 10.8 Å². The number of aromatic nitrogens is 1. The summed E-state index contributed by atoms with van der Waals surface area (Å²) in [6, 6.07) is 2.12. The molecule has 1 aliphatic carbocycles. The Morgan fingerprint density at radius 1 is 1.57 bits per heavy atom. The van der Waals surface area contributed by atoms with E-state index in [0.717, 1.165) is 17.3 Å². The number of nitrogens with one attached hydrogen (secondary N) is 1. The first kappa shape index (κ1) is 9.73. The lowest BCUT2D eigenvalue weighted by Crippen LogP contribution is -2.39. The second kappa shape index (κ2) is 3.74. The minimum Gasteiger partial charge on any atom is -0.396 e. The minimum absolute atomic E-state index is 0.163. The van der Waals surface area contributed by atoms with Crippen LogP contribution in [0.15, 0.2) is 16.7 Å². The van der Waals surface area contributed by atoms with Crippen LogP contribution in [-0.4, -0.2) is 22.2 Å². The Morgan fingerprint density at radius 2 is 2.29 bits per heavy atom. The first-order valence-corrected chi connectivity index (χ1v) is 5.30. The second-order valence-electron chi connectivity index (χ2n) is 3.56. The van der Waals surface area contributed by atoms with Crippen LogP contribution in [0.25, 0.3) is 0 Å². The van der Waals surface area contributed by atoms with E-state index in [-0.39, 0.29) is 6.10 Å². The van der Waals surface area contributed by atoms with Crippen LogP contribution in [-0.2, 0) is 0 Å². The molecule has 5 heteroatoms. The quantitative estimate of drug-likeness (QED) is 0.749. The van der Waals surface area contributed by atoms with E-state index in [1.54, 1.807) is 6.20 Å². The molecule has 2 rings (SSSR count). The van der Waals surface area contributed by atoms with Gasteiger partial charge in [-0.15, -0.1) is 0 Å². The van der Waals surface area contributed by atoms with Gasteiger partial charge in [-0.2, -0.15) is 0 Å². The van der Waals surface area contributed by atoms with Crippen molar-refractivity contribution in [2.45, 2.75) is 25.0 Å². The van der Waals surface area contributed by atoms with Gasteiger partial charge in [0.1, 0.15) is 5.82 Å². The molecule has 0 spiro atoms. The third kappa shape index (κ3) is 1.99. The second-order valence-corrected chi connectivity index (χ2v) is 4.47. The predicted octanol–water partition coefficient (Wildman–Crippen LogP) is 1.36. The number of nitrogens with two attached hydrogens (primary N) is 1. The average Bonchev–Trinajstić information content (AvgIpc) is 2.06. The molecular formula is C9H12BrN3O. The van der Waals surface area contributed by atoms with Crippen LogP contribution in [0.4, 0.5) is 11.5 Å². The van der Waals surface area contributed by atoms with Gasteiger partial charge >= 0.3 is 0 Å². The van der Waals surface area contributed by atoms with Crippen molar-refractivity contribution in [2.75, 3.05) is 11.1 Å². The minimum atomic E-state index is -0.163. The highest BCUT2D eigenvalue weighted by molar-refractivity contribution is 9.10. The van der Waals surface area contributed by atoms with E-state index in [1.807, 2.05) is 6.07 Å². The van der Waals surface area contributed by atoms with Crippen molar-refractivity contribution < 1.29 is 5.11 Å². The van der Waals surface area contributed by atoms with Crippen LogP contribution >= 0.6 is 15.9 Å². The molecule has 0 radical (unpaired) electrons. The van der Waals surface area contributed by atoms with Gasteiger partial charge in [-0.05, 0) is 34.8 Å². The lowest BCUT2D eigenvalue weighted by Gasteiger charge is -2.32. The lowest BCUT2D eigenvalue weighted by molar-refractivity contribution is 0.0835. The Balaban J connectivity index is 2.02. The highest BCUT2D eigenvalue weighted by atomic mass is 79.9. The van der Waals surface area contributed by atoms with E-state index in [1.165, 1.54) is 0 Å². The summed E-state index contributed by atoms with van der Waals surface area (Å²) >= 11 is 3.29. The van der Waals surface area contributed by atoms with Crippen LogP contribution in [0.3, 0.4) is 0 Å². The van der Waals surface area contributed by atoms with E-state index >= 15 is 0 Å². The molecular weight excluding hydrogens is 246 g/mol. The zero-order chi connectivity index (χ0) is 10.1. The number of pyridine rings is 1. The van der Waals surface area contributed by atoms with Crippen LogP contribution in [0.2, 0.25) is 0 Å². The van der Waals surface area contributed by atoms with Crippen molar-refractivity contribution in [3.63, 3.8) is 0 Å². The number of aliphatic hydroxyl groups excluding tert-OH is 1. The topological polar surface area (TPSA) is 71.2 Å². The number of anilines is 2. The molecule has 1 aliphatic rings. The van der Waals surface area contributed by atoms with Crippen molar-refractivity contribution in [3.8, 4) is 0 Å². The average molecular weight is 258 g/mol. The van der Waals surface area contributed by atoms with E-state index < -0.39 is 0 Å². The summed E-state index contributed by atoms with van der Waals surface area (Å²) in [7, 11) is 0. The van der Waals surface area contributed by atoms with Gasteiger partial charge in [0.05, 0.1) is 11.8 Å². The Bertz CT molecular complexity index is 339. The molecule has 1 fully saturated rings. The van der Waals surface area contributed by atoms with Crippen molar-refractivity contribution >= 4 is 27.4 Å². The molecule has 1 heterocycles. The molecule has 4 nitrogen and oxygen atoms in total. The van der Waals surface area contributed by atoms with E-state index in [0.29, 0.717) is 17.5 Å². The normalized spacial score (nSPS) is 25.6. The molecule has 0 aliphatic heterocycles. The molecule has 0 amide bonds. The first-order chi connectivity index (χ1) is 6.65. The van der Waals surface area contributed by atoms with Crippen molar-refractivity contribution in [3.05, 3.63) is 16.7 Å². The van der Waals surface area contributed by atoms with Crippen LogP contribution < -0.4 is 11.1 Å². The number of hydrogen-bond donors (Lipinski definition) is 3. The number of halogens is 1. The molecule has 0 atom stereocenters. The maximum Gasteiger partial charge on any atom is 0.149 e. The van der Waals surface area contributed by atoms with Crippen LogP contribution in [0, 0.1) is 0 Å². The maximum absolute atomic E-state index is 9.11. The fraction of sp³-hybridized carbons (Fsp3) is 0.444. The van der Waals surface area contributed by atoms with Gasteiger partial charge < -0.3 is 16.2 Å². The van der Waals surface area contributed by atoms with Gasteiger partial charge in [0.2, 0.25) is 0 Å². The predicted molar refractivity (Wildman–Crippen MR) is 59.0 cm³/mol. The molecule has 1 aromatic rings. The number of nitrogen functional groups attached to an aromatic ring is 1. The van der Waals surface area contributed by atoms with Gasteiger partial charge in [0, 0.05) is 16.7 Å². The summed E-state index contributed by atoms with van der Waals surface area (Å²) in [6.45, 7) is 0. The third-order valence-corrected chi connectivity index (χ3v) is 2.77. The highest BCUT2D eigenvalue weighted by Gasteiger charge is 2.27. The molecule has 0 bridgehead atoms. The highest BCUT2D eigenvalue weighted by Crippen LogP contribution is 2.26. The Hall–Kier alpha value is -0.810.